The van der Waals surface area contributed by atoms with Gasteiger partial charge in [-0.15, -0.1) is 12.4 Å². The molecule has 2 nitrogen and oxygen atoms in total. The van der Waals surface area contributed by atoms with Crippen LogP contribution in [0.15, 0.2) is 22.8 Å². The number of hydrogen-bond acceptors (Lipinski definition) is 2. The van der Waals surface area contributed by atoms with Crippen LogP contribution in [0.2, 0.25) is 0 Å². The van der Waals surface area contributed by atoms with Gasteiger partial charge in [0.05, 0.1) is 6.26 Å². The van der Waals surface area contributed by atoms with E-state index in [0.29, 0.717) is 5.92 Å². The first-order chi connectivity index (χ1) is 5.34. The third-order valence-corrected chi connectivity index (χ3v) is 1.86. The van der Waals surface area contributed by atoms with Gasteiger partial charge in [-0.1, -0.05) is 6.92 Å². The van der Waals surface area contributed by atoms with Crippen molar-refractivity contribution >= 4 is 12.4 Å². The first kappa shape index (κ1) is 11.5. The Bertz CT molecular complexity index is 186. The summed E-state index contributed by atoms with van der Waals surface area (Å²) in [4.78, 5) is 0. The summed E-state index contributed by atoms with van der Waals surface area (Å²) in [7, 11) is 1.97. The molecule has 1 N–H and O–H groups in total. The van der Waals surface area contributed by atoms with Crippen molar-refractivity contribution in [1.29, 1.82) is 0 Å². The third-order valence-electron chi connectivity index (χ3n) is 1.86. The zero-order valence-corrected chi connectivity index (χ0v) is 8.36. The second-order valence-electron chi connectivity index (χ2n) is 2.81. The predicted molar refractivity (Wildman–Crippen MR) is 52.9 cm³/mol. The van der Waals surface area contributed by atoms with Crippen molar-refractivity contribution in [3.05, 3.63) is 24.2 Å². The molecule has 1 heterocycles. The van der Waals surface area contributed by atoms with Crippen LogP contribution in [0.3, 0.4) is 0 Å². The van der Waals surface area contributed by atoms with Crippen LogP contribution in [0.4, 0.5) is 0 Å². The smallest absolute Gasteiger partial charge is 0.106 e. The first-order valence-electron chi connectivity index (χ1n) is 4.02. The molecule has 0 aliphatic heterocycles. The molecular formula is C9H16ClNO. The molecule has 1 aromatic rings. The number of furan rings is 1. The van der Waals surface area contributed by atoms with Crippen LogP contribution in [0.5, 0.6) is 0 Å². The molecule has 12 heavy (non-hydrogen) atoms. The maximum absolute atomic E-state index is 5.26. The van der Waals surface area contributed by atoms with Crippen molar-refractivity contribution in [3.8, 4) is 0 Å². The van der Waals surface area contributed by atoms with E-state index in [2.05, 4.69) is 12.2 Å². The summed E-state index contributed by atoms with van der Waals surface area (Å²) in [5, 5.41) is 3.12. The third kappa shape index (κ3) is 3.28. The molecule has 1 rings (SSSR count). The van der Waals surface area contributed by atoms with Gasteiger partial charge in [-0.25, -0.2) is 0 Å². The van der Waals surface area contributed by atoms with E-state index in [1.54, 1.807) is 6.26 Å². The molecule has 0 aliphatic rings. The van der Waals surface area contributed by atoms with Gasteiger partial charge in [0.15, 0.2) is 0 Å². The van der Waals surface area contributed by atoms with Crippen molar-refractivity contribution in [2.24, 2.45) is 0 Å². The lowest BCUT2D eigenvalue weighted by Gasteiger charge is -2.06. The highest BCUT2D eigenvalue weighted by molar-refractivity contribution is 5.85. The second kappa shape index (κ2) is 6.09. The zero-order chi connectivity index (χ0) is 8.10. The summed E-state index contributed by atoms with van der Waals surface area (Å²) in [6, 6.07) is 3.96. The molecule has 0 spiro atoms. The van der Waals surface area contributed by atoms with Gasteiger partial charge in [-0.05, 0) is 32.1 Å². The zero-order valence-electron chi connectivity index (χ0n) is 7.54. The van der Waals surface area contributed by atoms with E-state index < -0.39 is 0 Å². The summed E-state index contributed by atoms with van der Waals surface area (Å²) in [5.74, 6) is 1.61. The maximum atomic E-state index is 5.26. The highest BCUT2D eigenvalue weighted by Gasteiger charge is 2.06. The normalized spacial score (nSPS) is 12.2. The lowest BCUT2D eigenvalue weighted by Crippen LogP contribution is -2.10. The minimum absolute atomic E-state index is 0. The summed E-state index contributed by atoms with van der Waals surface area (Å²) >= 11 is 0. The van der Waals surface area contributed by atoms with Gasteiger partial charge >= 0.3 is 0 Å². The van der Waals surface area contributed by atoms with Crippen molar-refractivity contribution in [2.75, 3.05) is 13.6 Å². The van der Waals surface area contributed by atoms with Gasteiger partial charge in [-0.3, -0.25) is 0 Å². The Hall–Kier alpha value is -0.470. The molecular weight excluding hydrogens is 174 g/mol. The van der Waals surface area contributed by atoms with Crippen LogP contribution < -0.4 is 5.32 Å². The fourth-order valence-electron chi connectivity index (χ4n) is 1.07. The molecule has 1 unspecified atom stereocenters. The maximum Gasteiger partial charge on any atom is 0.106 e. The molecule has 1 atom stereocenters. The summed E-state index contributed by atoms with van der Waals surface area (Å²) in [5.41, 5.74) is 0. The first-order valence-corrected chi connectivity index (χ1v) is 4.02. The molecule has 0 aliphatic carbocycles. The molecule has 0 amide bonds. The van der Waals surface area contributed by atoms with Crippen LogP contribution in [-0.4, -0.2) is 13.6 Å². The minimum atomic E-state index is 0. The van der Waals surface area contributed by atoms with E-state index in [9.17, 15) is 0 Å². The molecule has 0 saturated carbocycles. The van der Waals surface area contributed by atoms with Gasteiger partial charge in [0, 0.05) is 5.92 Å². The molecule has 3 heteroatoms. The van der Waals surface area contributed by atoms with E-state index in [1.807, 2.05) is 19.2 Å². The van der Waals surface area contributed by atoms with Gasteiger partial charge in [0.2, 0.25) is 0 Å². The van der Waals surface area contributed by atoms with Crippen LogP contribution in [0, 0.1) is 0 Å². The Morgan fingerprint density at radius 1 is 1.58 bits per heavy atom. The van der Waals surface area contributed by atoms with Crippen LogP contribution in [0.1, 0.15) is 25.0 Å². The van der Waals surface area contributed by atoms with E-state index in [0.717, 1.165) is 18.7 Å². The number of hydrogen-bond donors (Lipinski definition) is 1. The Labute approximate surface area is 79.8 Å². The second-order valence-corrected chi connectivity index (χ2v) is 2.81. The van der Waals surface area contributed by atoms with Gasteiger partial charge in [-0.2, -0.15) is 0 Å². The highest BCUT2D eigenvalue weighted by atomic mass is 35.5. The van der Waals surface area contributed by atoms with Gasteiger partial charge in [0.25, 0.3) is 0 Å². The van der Waals surface area contributed by atoms with Gasteiger partial charge < -0.3 is 9.73 Å². The van der Waals surface area contributed by atoms with Crippen molar-refractivity contribution in [2.45, 2.75) is 19.3 Å². The minimum Gasteiger partial charge on any atom is -0.469 e. The number of halogens is 1. The molecule has 70 valence electrons. The highest BCUT2D eigenvalue weighted by Crippen LogP contribution is 2.17. The Kier molecular flexibility index (Phi) is 5.85. The lowest BCUT2D eigenvalue weighted by molar-refractivity contribution is 0.458. The summed E-state index contributed by atoms with van der Waals surface area (Å²) < 4.78 is 5.26. The van der Waals surface area contributed by atoms with E-state index in [4.69, 9.17) is 4.42 Å². The molecule has 0 fully saturated rings. The van der Waals surface area contributed by atoms with Crippen molar-refractivity contribution in [1.82, 2.24) is 5.32 Å². The molecule has 0 saturated heterocycles. The average Bonchev–Trinajstić information content (AvgIpc) is 2.52. The Morgan fingerprint density at radius 3 is 2.83 bits per heavy atom. The Morgan fingerprint density at radius 2 is 2.33 bits per heavy atom. The lowest BCUT2D eigenvalue weighted by atomic mass is 10.1. The molecule has 0 bridgehead atoms. The van der Waals surface area contributed by atoms with E-state index in [-0.39, 0.29) is 12.4 Å². The van der Waals surface area contributed by atoms with Crippen LogP contribution in [0.25, 0.3) is 0 Å². The Balaban J connectivity index is 0.00000121. The average molecular weight is 190 g/mol. The monoisotopic (exact) mass is 189 g/mol. The number of rotatable bonds is 4. The fraction of sp³-hybridized carbons (Fsp3) is 0.556. The molecule has 0 aromatic carbocycles. The van der Waals surface area contributed by atoms with Gasteiger partial charge in [0.1, 0.15) is 5.76 Å². The summed E-state index contributed by atoms with van der Waals surface area (Å²) in [6.45, 7) is 3.22. The fourth-order valence-corrected chi connectivity index (χ4v) is 1.07. The topological polar surface area (TPSA) is 25.2 Å². The molecule has 1 aromatic heterocycles. The predicted octanol–water partition coefficient (Wildman–Crippen LogP) is 2.41. The standard InChI is InChI=1S/C9H15NO.ClH/c1-8(5-6-10-2)9-4-3-7-11-9;/h3-4,7-8,10H,5-6H2,1-2H3;1H. The summed E-state index contributed by atoms with van der Waals surface area (Å²) in [6.07, 6.45) is 2.86. The SMILES string of the molecule is CNCCC(C)c1ccco1.Cl. The quantitative estimate of drug-likeness (QED) is 0.787. The van der Waals surface area contributed by atoms with E-state index in [1.165, 1.54) is 0 Å². The number of nitrogens with one attached hydrogen (secondary N) is 1. The van der Waals surface area contributed by atoms with Crippen molar-refractivity contribution in [3.63, 3.8) is 0 Å². The van der Waals surface area contributed by atoms with Crippen LogP contribution >= 0.6 is 12.4 Å². The van der Waals surface area contributed by atoms with E-state index >= 15 is 0 Å². The largest absolute Gasteiger partial charge is 0.469 e. The van der Waals surface area contributed by atoms with Crippen molar-refractivity contribution < 1.29 is 4.42 Å². The van der Waals surface area contributed by atoms with Crippen LogP contribution in [-0.2, 0) is 0 Å². The molecule has 0 radical (unpaired) electrons.